The smallest absolute Gasteiger partial charge is 0.189 e. The van der Waals surface area contributed by atoms with Gasteiger partial charge in [0.2, 0.25) is 0 Å². The van der Waals surface area contributed by atoms with Gasteiger partial charge in [-0.15, -0.1) is 0 Å². The number of fused-ring (bicyclic) bond motifs is 1. The Kier molecular flexibility index (Phi) is 5.60. The third-order valence-electron chi connectivity index (χ3n) is 3.10. The van der Waals surface area contributed by atoms with Gasteiger partial charge in [0.05, 0.1) is 25.9 Å². The molecule has 0 spiro atoms. The zero-order valence-electron chi connectivity index (χ0n) is 11.4. The van der Waals surface area contributed by atoms with Crippen molar-refractivity contribution in [1.29, 1.82) is 0 Å². The number of aliphatic hydroxyl groups is 2. The van der Waals surface area contributed by atoms with Crippen LogP contribution in [0, 0.1) is 0 Å². The van der Waals surface area contributed by atoms with Crippen LogP contribution in [0.5, 0.6) is 11.5 Å². The van der Waals surface area contributed by atoms with Crippen LogP contribution in [0.25, 0.3) is 0 Å². The molecular weight excluding hydrogens is 264 g/mol. The topological polar surface area (TPSA) is 77.4 Å². The zero-order chi connectivity index (χ0) is 14.4. The fourth-order valence-corrected chi connectivity index (χ4v) is 1.97. The van der Waals surface area contributed by atoms with Gasteiger partial charge in [0, 0.05) is 19.6 Å². The molecule has 1 aromatic rings. The Morgan fingerprint density at radius 2 is 2.20 bits per heavy atom. The quantitative estimate of drug-likeness (QED) is 0.555. The molecule has 2 atom stereocenters. The van der Waals surface area contributed by atoms with Gasteiger partial charge in [0.25, 0.3) is 0 Å². The largest absolute Gasteiger partial charge is 0.485 e. The predicted octanol–water partition coefficient (Wildman–Crippen LogP) is 0.343. The molecule has 6 nitrogen and oxygen atoms in total. The fourth-order valence-electron chi connectivity index (χ4n) is 1.97. The molecule has 112 valence electrons. The second-order valence-corrected chi connectivity index (χ2v) is 4.54. The summed E-state index contributed by atoms with van der Waals surface area (Å²) in [5.41, 5.74) is 0.898. The lowest BCUT2D eigenvalue weighted by Gasteiger charge is -2.29. The van der Waals surface area contributed by atoms with Crippen LogP contribution in [-0.4, -0.2) is 56.1 Å². The first kappa shape index (κ1) is 15.1. The summed E-state index contributed by atoms with van der Waals surface area (Å²) in [5, 5.41) is 18.9. The molecular formula is C14H20O6. The van der Waals surface area contributed by atoms with E-state index in [2.05, 4.69) is 0 Å². The van der Waals surface area contributed by atoms with Crippen LogP contribution >= 0.6 is 0 Å². The molecule has 1 aliphatic rings. The minimum absolute atomic E-state index is 0.133. The molecule has 0 fully saturated rings. The molecule has 0 radical (unpaired) electrons. The van der Waals surface area contributed by atoms with Crippen LogP contribution in [0.2, 0.25) is 0 Å². The van der Waals surface area contributed by atoms with Crippen molar-refractivity contribution in [1.82, 2.24) is 0 Å². The molecule has 6 heteroatoms. The van der Waals surface area contributed by atoms with Gasteiger partial charge in [-0.25, -0.2) is 0 Å². The third-order valence-corrected chi connectivity index (χ3v) is 3.10. The second-order valence-electron chi connectivity index (χ2n) is 4.54. The molecule has 0 aromatic heterocycles. The van der Waals surface area contributed by atoms with E-state index in [-0.39, 0.29) is 13.4 Å². The van der Waals surface area contributed by atoms with Crippen molar-refractivity contribution in [2.75, 3.05) is 33.7 Å². The average Bonchev–Trinajstić information content (AvgIpc) is 2.46. The number of ether oxygens (including phenoxy) is 4. The Bertz CT molecular complexity index is 422. The van der Waals surface area contributed by atoms with E-state index in [1.807, 2.05) is 6.07 Å². The van der Waals surface area contributed by atoms with Crippen LogP contribution in [0.3, 0.4) is 0 Å². The lowest BCUT2D eigenvalue weighted by Crippen LogP contribution is -2.39. The van der Waals surface area contributed by atoms with E-state index in [9.17, 15) is 5.11 Å². The lowest BCUT2D eigenvalue weighted by molar-refractivity contribution is -0.0136. The van der Waals surface area contributed by atoms with Crippen molar-refractivity contribution in [2.45, 2.75) is 18.6 Å². The Balaban J connectivity index is 1.91. The highest BCUT2D eigenvalue weighted by molar-refractivity contribution is 5.42. The van der Waals surface area contributed by atoms with Gasteiger partial charge in [-0.2, -0.15) is 0 Å². The molecule has 0 saturated heterocycles. The highest BCUT2D eigenvalue weighted by atomic mass is 16.7. The monoisotopic (exact) mass is 284 g/mol. The van der Waals surface area contributed by atoms with Crippen LogP contribution < -0.4 is 9.47 Å². The maximum absolute atomic E-state index is 9.76. The zero-order valence-corrected chi connectivity index (χ0v) is 11.4. The van der Waals surface area contributed by atoms with Crippen molar-refractivity contribution in [3.05, 3.63) is 23.8 Å². The lowest BCUT2D eigenvalue weighted by atomic mass is 10.00. The number of hydrogen-bond donors (Lipinski definition) is 2. The molecule has 1 aliphatic heterocycles. The van der Waals surface area contributed by atoms with Crippen molar-refractivity contribution in [2.24, 2.45) is 0 Å². The second kappa shape index (κ2) is 7.44. The summed E-state index contributed by atoms with van der Waals surface area (Å²) in [5.74, 6) is 1.25. The summed E-state index contributed by atoms with van der Waals surface area (Å²) in [6, 6.07) is 5.38. The van der Waals surface area contributed by atoms with Crippen LogP contribution in [0.1, 0.15) is 5.56 Å². The molecule has 0 aliphatic carbocycles. The third kappa shape index (κ3) is 3.83. The van der Waals surface area contributed by atoms with E-state index in [0.29, 0.717) is 31.1 Å². The van der Waals surface area contributed by atoms with Gasteiger partial charge in [-0.1, -0.05) is 6.07 Å². The molecule has 2 rings (SSSR count). The normalized spacial score (nSPS) is 21.1. The molecule has 0 unspecified atom stereocenters. The first-order valence-corrected chi connectivity index (χ1v) is 6.52. The highest BCUT2D eigenvalue weighted by Crippen LogP contribution is 2.31. The maximum Gasteiger partial charge on any atom is 0.189 e. The van der Waals surface area contributed by atoms with Crippen molar-refractivity contribution >= 4 is 0 Å². The minimum atomic E-state index is -0.684. The van der Waals surface area contributed by atoms with E-state index >= 15 is 0 Å². The first-order valence-electron chi connectivity index (χ1n) is 6.52. The molecule has 2 N–H and O–H groups in total. The van der Waals surface area contributed by atoms with Gasteiger partial charge in [0.1, 0.15) is 17.6 Å². The highest BCUT2D eigenvalue weighted by Gasteiger charge is 2.27. The van der Waals surface area contributed by atoms with Gasteiger partial charge < -0.3 is 29.2 Å². The summed E-state index contributed by atoms with van der Waals surface area (Å²) in [4.78, 5) is 0. The standard InChI is InChI=1S/C14H20O6/c1-17-4-5-18-9-19-11-3-2-10-6-12(16)14(8-15)20-13(10)7-11/h2-3,7,12,14-16H,4-6,8-9H2,1H3/t12-,14+/m0/s1. The summed E-state index contributed by atoms with van der Waals surface area (Å²) >= 11 is 0. The van der Waals surface area contributed by atoms with E-state index < -0.39 is 12.2 Å². The average molecular weight is 284 g/mol. The molecule has 0 amide bonds. The summed E-state index contributed by atoms with van der Waals surface area (Å²) < 4.78 is 21.0. The predicted molar refractivity (Wildman–Crippen MR) is 71.0 cm³/mol. The van der Waals surface area contributed by atoms with Gasteiger partial charge in [-0.3, -0.25) is 0 Å². The summed E-state index contributed by atoms with van der Waals surface area (Å²) in [7, 11) is 1.61. The number of methoxy groups -OCH3 is 1. The van der Waals surface area contributed by atoms with E-state index in [4.69, 9.17) is 24.1 Å². The van der Waals surface area contributed by atoms with Crippen molar-refractivity contribution < 1.29 is 29.2 Å². The van der Waals surface area contributed by atoms with Crippen LogP contribution in [0.4, 0.5) is 0 Å². The summed E-state index contributed by atoms with van der Waals surface area (Å²) in [6.45, 7) is 0.906. The van der Waals surface area contributed by atoms with Crippen LogP contribution in [0.15, 0.2) is 18.2 Å². The Morgan fingerprint density at radius 1 is 1.35 bits per heavy atom. The minimum Gasteiger partial charge on any atom is -0.485 e. The molecule has 1 aromatic carbocycles. The fraction of sp³-hybridized carbons (Fsp3) is 0.571. The van der Waals surface area contributed by atoms with Gasteiger partial charge in [0.15, 0.2) is 6.79 Å². The van der Waals surface area contributed by atoms with Gasteiger partial charge >= 0.3 is 0 Å². The number of hydrogen-bond acceptors (Lipinski definition) is 6. The SMILES string of the molecule is COCCOCOc1ccc2c(c1)O[C@H](CO)[C@@H](O)C2. The number of aliphatic hydroxyl groups excluding tert-OH is 2. The summed E-state index contributed by atoms with van der Waals surface area (Å²) in [6.07, 6.45) is -0.808. The Morgan fingerprint density at radius 3 is 2.95 bits per heavy atom. The first-order chi connectivity index (χ1) is 9.74. The number of benzene rings is 1. The Labute approximate surface area is 117 Å². The van der Waals surface area contributed by atoms with E-state index in [1.54, 1.807) is 19.2 Å². The van der Waals surface area contributed by atoms with Crippen LogP contribution in [-0.2, 0) is 15.9 Å². The van der Waals surface area contributed by atoms with E-state index in [0.717, 1.165) is 5.56 Å². The molecule has 20 heavy (non-hydrogen) atoms. The molecule has 0 bridgehead atoms. The van der Waals surface area contributed by atoms with Gasteiger partial charge in [-0.05, 0) is 11.6 Å². The van der Waals surface area contributed by atoms with E-state index in [1.165, 1.54) is 0 Å². The number of rotatable bonds is 7. The van der Waals surface area contributed by atoms with Crippen molar-refractivity contribution in [3.8, 4) is 11.5 Å². The maximum atomic E-state index is 9.76. The molecule has 0 saturated carbocycles. The molecule has 1 heterocycles. The Hall–Kier alpha value is -1.34. The van der Waals surface area contributed by atoms with Crippen molar-refractivity contribution in [3.63, 3.8) is 0 Å².